The maximum atomic E-state index is 11.4. The normalized spacial score (nSPS) is 23.0. The molecule has 293 valence electrons. The van der Waals surface area contributed by atoms with E-state index < -0.39 is 98.8 Å². The van der Waals surface area contributed by atoms with Gasteiger partial charge in [-0.3, -0.25) is 27.1 Å². The van der Waals surface area contributed by atoms with Gasteiger partial charge in [-0.25, -0.2) is 27.4 Å². The van der Waals surface area contributed by atoms with Crippen molar-refractivity contribution < 1.29 is 146 Å². The molecule has 1 saturated carbocycles. The minimum absolute atomic E-state index is 0. The first-order valence-electron chi connectivity index (χ1n) is 9.65. The summed E-state index contributed by atoms with van der Waals surface area (Å²) >= 11 is 0. The Balaban J connectivity index is -0.000000668. The van der Waals surface area contributed by atoms with Crippen molar-refractivity contribution in [2.75, 3.05) is 0 Å². The van der Waals surface area contributed by atoms with Crippen LogP contribution < -0.4 is 0 Å². The molecule has 1 radical (unpaired) electrons. The van der Waals surface area contributed by atoms with Crippen LogP contribution in [0.2, 0.25) is 0 Å². The second-order valence-corrected chi connectivity index (χ2v) is 14.2. The molecule has 49 heavy (non-hydrogen) atoms. The van der Waals surface area contributed by atoms with Crippen molar-refractivity contribution in [2.24, 2.45) is 0 Å². The molecule has 12 N–H and O–H groups in total. The maximum absolute atomic E-state index is 11.4. The molecule has 36 nitrogen and oxygen atoms in total. The largest absolute Gasteiger partial charge is 3.00 e. The van der Waals surface area contributed by atoms with Crippen molar-refractivity contribution in [3.63, 3.8) is 0 Å². The molecule has 1 fully saturated rings. The van der Waals surface area contributed by atoms with Gasteiger partial charge in [0.2, 0.25) is 0 Å². The van der Waals surface area contributed by atoms with Gasteiger partial charge in [0, 0.05) is 0 Å². The van der Waals surface area contributed by atoms with E-state index in [9.17, 15) is 27.4 Å². The summed E-state index contributed by atoms with van der Waals surface area (Å²) in [7, 11) is -36.1. The third-order valence-electron chi connectivity index (χ3n) is 3.50. The fourth-order valence-corrected chi connectivity index (χ4v) is 6.14. The predicted molar refractivity (Wildman–Crippen MR) is 133 cm³/mol. The molecule has 0 saturated heterocycles. The molecule has 1 aliphatic rings. The molecular formula is C6H18FeN3O33P6. The standard InChI is InChI=1S/C6H18O24P6.Fe.3NO3/c7-31(8,9)25-1-2(26-32(10,11)12)4(28-34(16,17)18)6(30-36(22,23)24)5(29-35(19,20)21)3(1)27-33(13,14)15;;3*2-1(3)4/h1-6H,(H2,7,8,9)(H2,10,11,12)(H2,13,14,15)(H2,16,17,18)(H2,19,20,21)(H2,22,23,24);;;;/q;+3;3*-1. The van der Waals surface area contributed by atoms with Gasteiger partial charge < -0.3 is 105 Å². The molecule has 0 atom stereocenters. The van der Waals surface area contributed by atoms with Crippen molar-refractivity contribution in [2.45, 2.75) is 36.6 Å². The average molecular weight is 902 g/mol. The van der Waals surface area contributed by atoms with E-state index in [-0.39, 0.29) is 17.1 Å². The van der Waals surface area contributed by atoms with Crippen LogP contribution in [-0.2, 0) is 71.6 Å². The Hall–Kier alpha value is -1.22. The van der Waals surface area contributed by atoms with Crippen LogP contribution in [0.1, 0.15) is 0 Å². The monoisotopic (exact) mass is 902 g/mol. The molecular weight excluding hydrogens is 884 g/mol. The fourth-order valence-electron chi connectivity index (χ4n) is 2.79. The maximum Gasteiger partial charge on any atom is 3.00 e. The van der Waals surface area contributed by atoms with Crippen molar-refractivity contribution in [3.8, 4) is 0 Å². The van der Waals surface area contributed by atoms with Crippen LogP contribution in [0.3, 0.4) is 0 Å². The molecule has 1 rings (SSSR count). The average Bonchev–Trinajstić information content (AvgIpc) is 2.69. The van der Waals surface area contributed by atoms with E-state index in [0.717, 1.165) is 0 Å². The zero-order valence-corrected chi connectivity index (χ0v) is 28.3. The Morgan fingerprint density at radius 1 is 0.327 bits per heavy atom. The van der Waals surface area contributed by atoms with Crippen molar-refractivity contribution in [1.82, 2.24) is 0 Å². The Kier molecular flexibility index (Phi) is 23.8. The summed E-state index contributed by atoms with van der Waals surface area (Å²) in [6.45, 7) is 0. The minimum atomic E-state index is -6.02. The molecule has 0 aromatic carbocycles. The van der Waals surface area contributed by atoms with Gasteiger partial charge in [-0.05, 0) is 0 Å². The zero-order valence-electron chi connectivity index (χ0n) is 21.8. The van der Waals surface area contributed by atoms with Gasteiger partial charge in [-0.15, -0.1) is 0 Å². The van der Waals surface area contributed by atoms with E-state index in [2.05, 4.69) is 27.1 Å². The van der Waals surface area contributed by atoms with Crippen molar-refractivity contribution in [3.05, 3.63) is 46.0 Å². The fraction of sp³-hybridized carbons (Fsp3) is 1.00. The molecule has 0 bridgehead atoms. The number of nitrogens with zero attached hydrogens (tertiary/aromatic N) is 3. The number of phosphoric acid groups is 6. The third-order valence-corrected chi connectivity index (χ3v) is 6.61. The van der Waals surface area contributed by atoms with E-state index in [1.54, 1.807) is 0 Å². The molecule has 0 amide bonds. The van der Waals surface area contributed by atoms with Crippen LogP contribution in [-0.4, -0.2) is 111 Å². The van der Waals surface area contributed by atoms with E-state index >= 15 is 0 Å². The van der Waals surface area contributed by atoms with E-state index in [0.29, 0.717) is 0 Å². The van der Waals surface area contributed by atoms with Crippen molar-refractivity contribution in [1.29, 1.82) is 0 Å². The van der Waals surface area contributed by atoms with E-state index in [4.69, 9.17) is 105 Å². The molecule has 0 aromatic heterocycles. The molecule has 0 heterocycles. The number of rotatable bonds is 12. The Bertz CT molecular complexity index is 1080. The molecule has 0 unspecified atom stereocenters. The van der Waals surface area contributed by atoms with Crippen LogP contribution in [0.15, 0.2) is 0 Å². The quantitative estimate of drug-likeness (QED) is 0.0386. The summed E-state index contributed by atoms with van der Waals surface area (Å²) in [5.74, 6) is 0. The molecule has 0 aromatic rings. The summed E-state index contributed by atoms with van der Waals surface area (Å²) in [5, 5.41) is 44.2. The first kappa shape index (κ1) is 54.6. The zero-order chi connectivity index (χ0) is 39.4. The molecule has 0 aliphatic heterocycles. The summed E-state index contributed by atoms with van der Waals surface area (Å²) in [4.78, 5) is 134. The summed E-state index contributed by atoms with van der Waals surface area (Å²) in [6, 6.07) is 0. The first-order chi connectivity index (χ1) is 20.8. The van der Waals surface area contributed by atoms with Gasteiger partial charge in [-0.2, -0.15) is 0 Å². The van der Waals surface area contributed by atoms with Crippen LogP contribution in [0.5, 0.6) is 0 Å². The number of hydrogen-bond acceptors (Lipinski definition) is 21. The second-order valence-electron chi connectivity index (χ2n) is 7.03. The third kappa shape index (κ3) is 33.7. The van der Waals surface area contributed by atoms with Crippen LogP contribution in [0.25, 0.3) is 0 Å². The first-order valence-corrected chi connectivity index (χ1v) is 18.8. The van der Waals surface area contributed by atoms with Crippen LogP contribution >= 0.6 is 46.9 Å². The summed E-state index contributed by atoms with van der Waals surface area (Å²) in [5.41, 5.74) is 0. The van der Waals surface area contributed by atoms with Crippen LogP contribution in [0.4, 0.5) is 0 Å². The Labute approximate surface area is 275 Å². The van der Waals surface area contributed by atoms with Crippen LogP contribution in [0, 0.1) is 46.0 Å². The van der Waals surface area contributed by atoms with Gasteiger partial charge in [0.1, 0.15) is 36.6 Å². The van der Waals surface area contributed by atoms with Gasteiger partial charge >= 0.3 is 64.0 Å². The summed E-state index contributed by atoms with van der Waals surface area (Å²) in [6.07, 6.45) is -18.9. The summed E-state index contributed by atoms with van der Waals surface area (Å²) < 4.78 is 93.1. The minimum Gasteiger partial charge on any atom is -0.356 e. The smallest absolute Gasteiger partial charge is 0.356 e. The second kappa shape index (κ2) is 21.3. The van der Waals surface area contributed by atoms with Crippen molar-refractivity contribution >= 4 is 46.9 Å². The number of hydrogen-bond donors (Lipinski definition) is 12. The van der Waals surface area contributed by atoms with Gasteiger partial charge in [-0.1, -0.05) is 0 Å². The molecule has 43 heteroatoms. The molecule has 0 spiro atoms. The predicted octanol–water partition coefficient (Wildman–Crippen LogP) is -3.85. The Morgan fingerprint density at radius 2 is 0.388 bits per heavy atom. The van der Waals surface area contributed by atoms with E-state index in [1.807, 2.05) is 0 Å². The topological polar surface area (TPSA) is 599 Å². The van der Waals surface area contributed by atoms with Gasteiger partial charge in [0.25, 0.3) is 0 Å². The number of phosphoric ester groups is 6. The Morgan fingerprint density at radius 3 is 0.429 bits per heavy atom. The SMILES string of the molecule is O=P(O)(O)OC1C(OP(=O)(O)O)C(OP(=O)(O)O)C(OP(=O)(O)O)C(OP(=O)(O)O)C1OP(=O)(O)O.O=[N+]([O-])[O-].O=[N+]([O-])[O-].O=[N+]([O-])[O-].[Fe+3]. The van der Waals surface area contributed by atoms with E-state index in [1.165, 1.54) is 0 Å². The van der Waals surface area contributed by atoms with Gasteiger partial charge in [0.15, 0.2) is 0 Å². The van der Waals surface area contributed by atoms with Gasteiger partial charge in [0.05, 0.1) is 15.3 Å². The molecule has 1 aliphatic carbocycles.